The third-order valence-electron chi connectivity index (χ3n) is 5.96. The Labute approximate surface area is 224 Å². The Morgan fingerprint density at radius 2 is 1.90 bits per heavy atom. The molecule has 1 aliphatic heterocycles. The molecule has 0 radical (unpaired) electrons. The molecule has 4 rings (SSSR count). The Morgan fingerprint density at radius 3 is 2.62 bits per heavy atom. The second kappa shape index (κ2) is 13.3. The molecular formula is C27H30F3N5O4. The molecule has 9 nitrogen and oxygen atoms in total. The third-order valence-corrected chi connectivity index (χ3v) is 5.96. The van der Waals surface area contributed by atoms with Gasteiger partial charge in [0.05, 0.1) is 32.4 Å². The average molecular weight is 546 g/mol. The Hall–Kier alpha value is -3.90. The highest BCUT2D eigenvalue weighted by Gasteiger charge is 2.27. The Bertz CT molecular complexity index is 1280. The molecular weight excluding hydrogens is 515 g/mol. The van der Waals surface area contributed by atoms with Crippen molar-refractivity contribution < 1.29 is 32.2 Å². The summed E-state index contributed by atoms with van der Waals surface area (Å²) < 4.78 is 53.6. The molecule has 2 N–H and O–H groups in total. The van der Waals surface area contributed by atoms with E-state index in [2.05, 4.69) is 20.2 Å². The van der Waals surface area contributed by atoms with Crippen molar-refractivity contribution in [3.63, 3.8) is 0 Å². The van der Waals surface area contributed by atoms with Crippen molar-refractivity contribution in [2.75, 3.05) is 58.4 Å². The van der Waals surface area contributed by atoms with E-state index < -0.39 is 18.6 Å². The van der Waals surface area contributed by atoms with Crippen LogP contribution < -0.4 is 20.1 Å². The van der Waals surface area contributed by atoms with Crippen LogP contribution in [0.1, 0.15) is 12.0 Å². The van der Waals surface area contributed by atoms with Crippen LogP contribution in [0.15, 0.2) is 48.8 Å². The summed E-state index contributed by atoms with van der Waals surface area (Å²) in [5, 5.41) is 5.77. The predicted octanol–water partition coefficient (Wildman–Crippen LogP) is 4.17. The molecule has 0 atom stereocenters. The van der Waals surface area contributed by atoms with Crippen LogP contribution in [-0.4, -0.2) is 80.1 Å². The van der Waals surface area contributed by atoms with E-state index in [1.165, 1.54) is 12.4 Å². The van der Waals surface area contributed by atoms with Gasteiger partial charge in [-0.05, 0) is 36.3 Å². The summed E-state index contributed by atoms with van der Waals surface area (Å²) in [7, 11) is 1.58. The van der Waals surface area contributed by atoms with Crippen molar-refractivity contribution in [2.45, 2.75) is 12.6 Å². The zero-order valence-electron chi connectivity index (χ0n) is 21.5. The number of methoxy groups -OCH3 is 1. The summed E-state index contributed by atoms with van der Waals surface area (Å²) in [5.74, 6) is 0.909. The standard InChI is InChI=1S/C27H30F3N5O4/c1-37-23-15-21-22(16-24(23)39-12-2-9-35-10-13-38-14-11-35)32-18-33-26(21)34-20-6-3-19(4-7-20)5-8-25(36)31-17-27(28,29)30/h3-8,15-16,18H,2,9-14,17H2,1H3,(H,31,36)(H,32,33,34)/b8-5+. The van der Waals surface area contributed by atoms with Crippen molar-refractivity contribution in [1.29, 1.82) is 0 Å². The summed E-state index contributed by atoms with van der Waals surface area (Å²) in [6.45, 7) is 3.52. The fraction of sp³-hybridized carbons (Fsp3) is 0.370. The number of aromatic nitrogens is 2. The van der Waals surface area contributed by atoms with Crippen molar-refractivity contribution in [1.82, 2.24) is 20.2 Å². The number of hydrogen-bond donors (Lipinski definition) is 2. The van der Waals surface area contributed by atoms with E-state index in [-0.39, 0.29) is 0 Å². The van der Waals surface area contributed by atoms with Gasteiger partial charge >= 0.3 is 6.18 Å². The quantitative estimate of drug-likeness (QED) is 0.274. The number of nitrogens with zero attached hydrogens (tertiary/aromatic N) is 3. The van der Waals surface area contributed by atoms with Gasteiger partial charge in [0.1, 0.15) is 18.7 Å². The molecule has 12 heteroatoms. The highest BCUT2D eigenvalue weighted by atomic mass is 19.4. The number of amides is 1. The molecule has 2 heterocycles. The maximum absolute atomic E-state index is 12.2. The first-order valence-corrected chi connectivity index (χ1v) is 12.5. The minimum Gasteiger partial charge on any atom is -0.493 e. The van der Waals surface area contributed by atoms with E-state index in [1.807, 2.05) is 12.1 Å². The zero-order chi connectivity index (χ0) is 27.7. The minimum atomic E-state index is -4.45. The molecule has 0 saturated carbocycles. The fourth-order valence-corrected chi connectivity index (χ4v) is 3.96. The number of carbonyl (C=O) groups excluding carboxylic acids is 1. The number of alkyl halides is 3. The van der Waals surface area contributed by atoms with Crippen molar-refractivity contribution in [2.24, 2.45) is 0 Å². The monoisotopic (exact) mass is 545 g/mol. The van der Waals surface area contributed by atoms with Gasteiger partial charge in [-0.15, -0.1) is 0 Å². The van der Waals surface area contributed by atoms with Crippen molar-refractivity contribution in [3.8, 4) is 11.5 Å². The summed E-state index contributed by atoms with van der Waals surface area (Å²) in [5.41, 5.74) is 2.05. The number of fused-ring (bicyclic) bond motifs is 1. The summed E-state index contributed by atoms with van der Waals surface area (Å²) in [6, 6.07) is 10.6. The maximum Gasteiger partial charge on any atom is 0.405 e. The first-order chi connectivity index (χ1) is 18.8. The average Bonchev–Trinajstić information content (AvgIpc) is 2.94. The van der Waals surface area contributed by atoms with Crippen LogP contribution in [0.2, 0.25) is 0 Å². The number of benzene rings is 2. The van der Waals surface area contributed by atoms with Gasteiger partial charge in [0.25, 0.3) is 0 Å². The largest absolute Gasteiger partial charge is 0.493 e. The smallest absolute Gasteiger partial charge is 0.405 e. The normalized spacial score (nSPS) is 14.5. The van der Waals surface area contributed by atoms with E-state index in [0.717, 1.165) is 56.4 Å². The van der Waals surface area contributed by atoms with Gasteiger partial charge < -0.3 is 24.8 Å². The Morgan fingerprint density at radius 1 is 1.13 bits per heavy atom. The van der Waals surface area contributed by atoms with E-state index in [4.69, 9.17) is 14.2 Å². The highest BCUT2D eigenvalue weighted by Crippen LogP contribution is 2.34. The lowest BCUT2D eigenvalue weighted by Gasteiger charge is -2.26. The summed E-state index contributed by atoms with van der Waals surface area (Å²) >= 11 is 0. The first-order valence-electron chi connectivity index (χ1n) is 12.5. The molecule has 208 valence electrons. The predicted molar refractivity (Wildman–Crippen MR) is 141 cm³/mol. The first kappa shape index (κ1) is 28.1. The zero-order valence-corrected chi connectivity index (χ0v) is 21.5. The molecule has 1 aliphatic rings. The summed E-state index contributed by atoms with van der Waals surface area (Å²) in [6.07, 6.45) is 0.366. The number of morpholine rings is 1. The second-order valence-corrected chi connectivity index (χ2v) is 8.81. The lowest BCUT2D eigenvalue weighted by molar-refractivity contribution is -0.135. The number of rotatable bonds is 11. The van der Waals surface area contributed by atoms with E-state index in [1.54, 1.807) is 36.7 Å². The number of carbonyl (C=O) groups is 1. The van der Waals surface area contributed by atoms with Crippen LogP contribution in [0.3, 0.4) is 0 Å². The van der Waals surface area contributed by atoms with E-state index in [0.29, 0.717) is 35.0 Å². The lowest BCUT2D eigenvalue weighted by Crippen LogP contribution is -2.37. The molecule has 1 saturated heterocycles. The molecule has 2 aromatic carbocycles. The molecule has 1 fully saturated rings. The van der Waals surface area contributed by atoms with Crippen molar-refractivity contribution in [3.05, 3.63) is 54.4 Å². The highest BCUT2D eigenvalue weighted by molar-refractivity contribution is 5.93. The number of ether oxygens (including phenoxy) is 3. The molecule has 39 heavy (non-hydrogen) atoms. The molecule has 0 unspecified atom stereocenters. The maximum atomic E-state index is 12.2. The van der Waals surface area contributed by atoms with Gasteiger partial charge in [-0.1, -0.05) is 12.1 Å². The Kier molecular flexibility index (Phi) is 9.55. The van der Waals surface area contributed by atoms with Crippen LogP contribution in [-0.2, 0) is 9.53 Å². The van der Waals surface area contributed by atoms with Crippen LogP contribution in [0.4, 0.5) is 24.7 Å². The fourth-order valence-electron chi connectivity index (χ4n) is 3.96. The Balaban J connectivity index is 1.38. The van der Waals surface area contributed by atoms with Crippen molar-refractivity contribution >= 4 is 34.4 Å². The number of nitrogens with one attached hydrogen (secondary N) is 2. The molecule has 0 aliphatic carbocycles. The summed E-state index contributed by atoms with van der Waals surface area (Å²) in [4.78, 5) is 22.7. The van der Waals surface area contributed by atoms with E-state index >= 15 is 0 Å². The van der Waals surface area contributed by atoms with Gasteiger partial charge in [0, 0.05) is 42.9 Å². The van der Waals surface area contributed by atoms with Gasteiger partial charge in [-0.2, -0.15) is 13.2 Å². The topological polar surface area (TPSA) is 97.8 Å². The number of halogens is 3. The van der Waals surface area contributed by atoms with Crippen LogP contribution in [0.25, 0.3) is 17.0 Å². The number of hydrogen-bond acceptors (Lipinski definition) is 8. The minimum absolute atomic E-state index is 0.542. The lowest BCUT2D eigenvalue weighted by atomic mass is 10.1. The number of anilines is 2. The molecule has 1 amide bonds. The SMILES string of the molecule is COc1cc2c(Nc3ccc(/C=C/C(=O)NCC(F)(F)F)cc3)ncnc2cc1OCCCN1CCOCC1. The second-order valence-electron chi connectivity index (χ2n) is 8.81. The molecule has 0 bridgehead atoms. The molecule has 3 aromatic rings. The van der Waals surface area contributed by atoms with Gasteiger partial charge in [0.15, 0.2) is 11.5 Å². The molecule has 0 spiro atoms. The third kappa shape index (κ3) is 8.55. The van der Waals surface area contributed by atoms with E-state index in [9.17, 15) is 18.0 Å². The van der Waals surface area contributed by atoms with Crippen LogP contribution in [0.5, 0.6) is 11.5 Å². The van der Waals surface area contributed by atoms with Crippen LogP contribution >= 0.6 is 0 Å². The molecule has 1 aromatic heterocycles. The van der Waals surface area contributed by atoms with Gasteiger partial charge in [0.2, 0.25) is 5.91 Å². The van der Waals surface area contributed by atoms with Gasteiger partial charge in [-0.25, -0.2) is 9.97 Å². The van der Waals surface area contributed by atoms with Gasteiger partial charge in [-0.3, -0.25) is 9.69 Å². The van der Waals surface area contributed by atoms with Crippen LogP contribution in [0, 0.1) is 0 Å².